The Morgan fingerprint density at radius 3 is 2.69 bits per heavy atom. The van der Waals surface area contributed by atoms with Crippen molar-refractivity contribution < 1.29 is 14.7 Å². The van der Waals surface area contributed by atoms with Crippen LogP contribution in [0.4, 0.5) is 0 Å². The highest BCUT2D eigenvalue weighted by atomic mass is 16.4. The Balaban J connectivity index is 2.29. The Kier molecular flexibility index (Phi) is 2.76. The smallest absolute Gasteiger partial charge is 0.303 e. The molecule has 1 N–H and O–H groups in total. The van der Waals surface area contributed by atoms with E-state index in [1.807, 2.05) is 6.07 Å². The van der Waals surface area contributed by atoms with Crippen LogP contribution in [0.15, 0.2) is 34.3 Å². The lowest BCUT2D eigenvalue weighted by Crippen LogP contribution is -2.36. The van der Waals surface area contributed by atoms with Gasteiger partial charge in [-0.3, -0.25) is 14.6 Å². The summed E-state index contributed by atoms with van der Waals surface area (Å²) in [6.45, 7) is 0. The molecule has 1 aromatic rings. The van der Waals surface area contributed by atoms with Crippen LogP contribution in [-0.4, -0.2) is 23.0 Å². The second-order valence-corrected chi connectivity index (χ2v) is 3.52. The van der Waals surface area contributed by atoms with Gasteiger partial charge in [-0.05, 0) is 18.6 Å². The van der Waals surface area contributed by atoms with Crippen molar-refractivity contribution in [3.8, 4) is 0 Å². The zero-order valence-corrected chi connectivity index (χ0v) is 8.46. The number of carbonyl (C=O) groups excluding carboxylic acids is 1. The highest BCUT2D eigenvalue weighted by molar-refractivity contribution is 5.83. The molecule has 0 bridgehead atoms. The fourth-order valence-electron chi connectivity index (χ4n) is 1.53. The molecule has 0 fully saturated rings. The van der Waals surface area contributed by atoms with Crippen molar-refractivity contribution in [2.24, 2.45) is 9.98 Å². The number of para-hydroxylation sites is 2. The Morgan fingerprint density at radius 1 is 1.31 bits per heavy atom. The number of carbonyl (C=O) groups is 2. The maximum Gasteiger partial charge on any atom is 0.303 e. The number of hydrogen-bond donors (Lipinski definition) is 1. The molecule has 2 rings (SSSR count). The van der Waals surface area contributed by atoms with Crippen LogP contribution in [0.3, 0.4) is 0 Å². The molecule has 5 nitrogen and oxygen atoms in total. The van der Waals surface area contributed by atoms with Gasteiger partial charge in [0, 0.05) is 6.42 Å². The van der Waals surface area contributed by atoms with Crippen LogP contribution >= 0.6 is 0 Å². The van der Waals surface area contributed by atoms with E-state index in [-0.39, 0.29) is 18.7 Å². The van der Waals surface area contributed by atoms with Gasteiger partial charge in [0.15, 0.2) is 0 Å². The molecule has 5 heteroatoms. The third kappa shape index (κ3) is 2.13. The normalized spacial score (nSPS) is 18.2. The summed E-state index contributed by atoms with van der Waals surface area (Å²) < 4.78 is 0. The van der Waals surface area contributed by atoms with Crippen molar-refractivity contribution in [2.75, 3.05) is 0 Å². The van der Waals surface area contributed by atoms with Gasteiger partial charge in [-0.1, -0.05) is 12.1 Å². The zero-order chi connectivity index (χ0) is 11.5. The van der Waals surface area contributed by atoms with Crippen LogP contribution in [0.25, 0.3) is 0 Å². The van der Waals surface area contributed by atoms with Crippen molar-refractivity contribution in [1.82, 2.24) is 0 Å². The lowest BCUT2D eigenvalue weighted by Gasteiger charge is -2.09. The molecule has 1 heterocycles. The van der Waals surface area contributed by atoms with Crippen LogP contribution in [0.1, 0.15) is 12.8 Å². The second-order valence-electron chi connectivity index (χ2n) is 3.52. The van der Waals surface area contributed by atoms with Gasteiger partial charge in [0.05, 0.1) is 10.7 Å². The summed E-state index contributed by atoms with van der Waals surface area (Å²) >= 11 is 0. The molecule has 0 spiro atoms. The van der Waals surface area contributed by atoms with Crippen molar-refractivity contribution in [1.29, 1.82) is 0 Å². The summed E-state index contributed by atoms with van der Waals surface area (Å²) in [6, 6.07) is 6.42. The van der Waals surface area contributed by atoms with E-state index in [2.05, 4.69) is 9.98 Å². The first kappa shape index (κ1) is 10.5. The van der Waals surface area contributed by atoms with Crippen LogP contribution in [0, 0.1) is 0 Å². The van der Waals surface area contributed by atoms with Crippen molar-refractivity contribution in [3.63, 3.8) is 0 Å². The lowest BCUT2D eigenvalue weighted by atomic mass is 10.1. The molecule has 82 valence electrons. The molecule has 1 aliphatic rings. The van der Waals surface area contributed by atoms with Gasteiger partial charge in [-0.15, -0.1) is 0 Å². The Morgan fingerprint density at radius 2 is 2.00 bits per heavy atom. The molecule has 0 radical (unpaired) electrons. The Hall–Kier alpha value is -2.04. The van der Waals surface area contributed by atoms with Crippen molar-refractivity contribution in [3.05, 3.63) is 35.0 Å². The molecule has 1 aromatic carbocycles. The summed E-state index contributed by atoms with van der Waals surface area (Å²) in [4.78, 5) is 30.0. The first-order valence-electron chi connectivity index (χ1n) is 4.94. The molecule has 0 saturated carbocycles. The maximum absolute atomic E-state index is 11.5. The predicted octanol–water partition coefficient (Wildman–Crippen LogP) is -0.301. The lowest BCUT2D eigenvalue weighted by molar-refractivity contribution is -0.137. The molecule has 1 aliphatic heterocycles. The van der Waals surface area contributed by atoms with E-state index < -0.39 is 12.0 Å². The summed E-state index contributed by atoms with van der Waals surface area (Å²) in [5, 5.41) is 9.75. The first-order valence-corrected chi connectivity index (χ1v) is 4.94. The second kappa shape index (κ2) is 4.22. The fraction of sp³-hybridized carbons (Fsp3) is 0.273. The van der Waals surface area contributed by atoms with Gasteiger partial charge >= 0.3 is 5.97 Å². The van der Waals surface area contributed by atoms with Gasteiger partial charge in [0.1, 0.15) is 6.04 Å². The average Bonchev–Trinajstić information content (AvgIpc) is 2.26. The minimum absolute atomic E-state index is 0.0718. The van der Waals surface area contributed by atoms with E-state index in [0.29, 0.717) is 10.7 Å². The molecule has 0 aliphatic carbocycles. The maximum atomic E-state index is 11.5. The quantitative estimate of drug-likeness (QED) is 0.756. The van der Waals surface area contributed by atoms with Crippen LogP contribution in [0.5, 0.6) is 0 Å². The van der Waals surface area contributed by atoms with Gasteiger partial charge in [0.25, 0.3) is 5.91 Å². The van der Waals surface area contributed by atoms with Crippen LogP contribution < -0.4 is 10.7 Å². The standard InChI is InChI=1S/C11H10N2O3/c14-10(15)6-5-9-11(16)13-8-4-2-1-3-7(8)12-9/h1-4,9H,5-6H2,(H,14,15). The number of nitrogens with zero attached hydrogens (tertiary/aromatic N) is 2. The van der Waals surface area contributed by atoms with Gasteiger partial charge in [-0.25, -0.2) is 4.99 Å². The number of benzene rings is 1. The molecule has 1 unspecified atom stereocenters. The number of amides is 1. The van der Waals surface area contributed by atoms with Crippen molar-refractivity contribution in [2.45, 2.75) is 18.9 Å². The Labute approximate surface area is 91.2 Å². The van der Waals surface area contributed by atoms with Gasteiger partial charge < -0.3 is 5.11 Å². The summed E-state index contributed by atoms with van der Waals surface area (Å²) in [5.41, 5.74) is 0. The number of rotatable bonds is 3. The average molecular weight is 218 g/mol. The third-order valence-electron chi connectivity index (χ3n) is 2.32. The van der Waals surface area contributed by atoms with Gasteiger partial charge in [-0.2, -0.15) is 0 Å². The van der Waals surface area contributed by atoms with Crippen molar-refractivity contribution >= 4 is 11.9 Å². The monoisotopic (exact) mass is 218 g/mol. The summed E-state index contributed by atoms with van der Waals surface area (Å²) in [7, 11) is 0. The van der Waals surface area contributed by atoms with E-state index >= 15 is 0 Å². The molecule has 16 heavy (non-hydrogen) atoms. The summed E-state index contributed by atoms with van der Waals surface area (Å²) in [6.07, 6.45) is 0.129. The van der Waals surface area contributed by atoms with E-state index in [1.54, 1.807) is 18.2 Å². The SMILES string of the molecule is O=C(O)CCC1N=c2ccccc2=NC1=O. The molecule has 0 saturated heterocycles. The van der Waals surface area contributed by atoms with E-state index in [1.165, 1.54) is 0 Å². The number of fused-ring (bicyclic) bond motifs is 1. The number of carboxylic acids is 1. The number of aliphatic carboxylic acids is 1. The molecular formula is C11H10N2O3. The Bertz CT molecular complexity index is 551. The zero-order valence-electron chi connectivity index (χ0n) is 8.46. The number of carboxylic acid groups (broad SMARTS) is 1. The number of hydrogen-bond acceptors (Lipinski definition) is 3. The minimum atomic E-state index is -0.929. The van der Waals surface area contributed by atoms with Gasteiger partial charge in [0.2, 0.25) is 0 Å². The minimum Gasteiger partial charge on any atom is -0.481 e. The van der Waals surface area contributed by atoms with Crippen LogP contribution in [0.2, 0.25) is 0 Å². The highest BCUT2D eigenvalue weighted by Crippen LogP contribution is 2.05. The first-order chi connectivity index (χ1) is 7.66. The third-order valence-corrected chi connectivity index (χ3v) is 2.32. The fourth-order valence-corrected chi connectivity index (χ4v) is 1.53. The molecule has 1 atom stereocenters. The summed E-state index contributed by atoms with van der Waals surface area (Å²) in [5.74, 6) is -1.29. The van der Waals surface area contributed by atoms with E-state index in [9.17, 15) is 9.59 Å². The predicted molar refractivity (Wildman–Crippen MR) is 54.4 cm³/mol. The van der Waals surface area contributed by atoms with E-state index in [0.717, 1.165) is 0 Å². The largest absolute Gasteiger partial charge is 0.481 e. The van der Waals surface area contributed by atoms with Crippen LogP contribution in [-0.2, 0) is 9.59 Å². The topological polar surface area (TPSA) is 79.1 Å². The molecule has 0 aromatic heterocycles. The highest BCUT2D eigenvalue weighted by Gasteiger charge is 2.20. The molecular weight excluding hydrogens is 208 g/mol. The molecule has 1 amide bonds. The van der Waals surface area contributed by atoms with E-state index in [4.69, 9.17) is 5.11 Å².